The Hall–Kier alpha value is -3.42. The number of carbonyl (C=O) groups is 5. The van der Waals surface area contributed by atoms with E-state index in [9.17, 15) is 29.1 Å². The summed E-state index contributed by atoms with van der Waals surface area (Å²) in [6.07, 6.45) is 0.911. The van der Waals surface area contributed by atoms with Gasteiger partial charge in [0, 0.05) is 6.54 Å². The number of aliphatic imine (C=N–C) groups is 1. The number of rotatable bonds is 17. The molecule has 3 atom stereocenters. The van der Waals surface area contributed by atoms with E-state index in [0.29, 0.717) is 6.42 Å². The quantitative estimate of drug-likeness (QED) is 0.0592. The average molecular weight is 515 g/mol. The fourth-order valence-corrected chi connectivity index (χ4v) is 3.21. The highest BCUT2D eigenvalue weighted by atomic mass is 16.4. The molecule has 0 aromatic heterocycles. The number of amides is 4. The van der Waals surface area contributed by atoms with E-state index in [4.69, 9.17) is 17.2 Å². The van der Waals surface area contributed by atoms with E-state index in [-0.39, 0.29) is 56.7 Å². The first kappa shape index (κ1) is 32.6. The summed E-state index contributed by atoms with van der Waals surface area (Å²) >= 11 is 0. The van der Waals surface area contributed by atoms with Crippen LogP contribution in [-0.2, 0) is 24.0 Å². The average Bonchev–Trinajstić information content (AvgIpc) is 2.77. The number of guanidine groups is 1. The van der Waals surface area contributed by atoms with Gasteiger partial charge in [0.25, 0.3) is 0 Å². The van der Waals surface area contributed by atoms with Gasteiger partial charge < -0.3 is 43.6 Å². The zero-order valence-corrected chi connectivity index (χ0v) is 21.5. The standard InChI is InChI=1S/C22H42N8O6/c1-12(2)8-15(28-18(32)11-27-17(31)10-23)20(34)29-14(6-5-7-26-22(24)25)19(33)30-16(21(35)36)9-13(3)4/h12-16H,5-11,23H2,1-4H3,(H,27,31)(H,28,32)(H,29,34)(H,30,33)(H,35,36)(H4,24,25,26)/t14-,15-,16-/m0/s1. The van der Waals surface area contributed by atoms with Gasteiger partial charge >= 0.3 is 5.97 Å². The van der Waals surface area contributed by atoms with Crippen molar-refractivity contribution in [3.8, 4) is 0 Å². The minimum atomic E-state index is -1.19. The number of carboxylic acids is 1. The van der Waals surface area contributed by atoms with Gasteiger partial charge in [0.15, 0.2) is 5.96 Å². The van der Waals surface area contributed by atoms with Crippen LogP contribution in [0.15, 0.2) is 4.99 Å². The number of carbonyl (C=O) groups excluding carboxylic acids is 4. The van der Waals surface area contributed by atoms with Crippen molar-refractivity contribution < 1.29 is 29.1 Å². The third-order valence-corrected chi connectivity index (χ3v) is 4.89. The van der Waals surface area contributed by atoms with E-state index in [1.807, 2.05) is 27.7 Å². The fourth-order valence-electron chi connectivity index (χ4n) is 3.21. The van der Waals surface area contributed by atoms with Crippen molar-refractivity contribution in [3.05, 3.63) is 0 Å². The first-order valence-electron chi connectivity index (χ1n) is 11.9. The minimum absolute atomic E-state index is 0.00621. The van der Waals surface area contributed by atoms with Crippen LogP contribution in [0.25, 0.3) is 0 Å². The Morgan fingerprint density at radius 1 is 0.806 bits per heavy atom. The van der Waals surface area contributed by atoms with Crippen LogP contribution in [0.1, 0.15) is 53.4 Å². The number of nitrogens with zero attached hydrogens (tertiary/aromatic N) is 1. The molecule has 0 saturated carbocycles. The molecule has 0 radical (unpaired) electrons. The molecule has 36 heavy (non-hydrogen) atoms. The van der Waals surface area contributed by atoms with Gasteiger partial charge in [0.2, 0.25) is 23.6 Å². The third-order valence-electron chi connectivity index (χ3n) is 4.89. The second-order valence-corrected chi connectivity index (χ2v) is 9.27. The summed E-state index contributed by atoms with van der Waals surface area (Å²) in [5.41, 5.74) is 15.8. The van der Waals surface area contributed by atoms with Crippen molar-refractivity contribution in [1.29, 1.82) is 0 Å². The normalized spacial score (nSPS) is 13.3. The summed E-state index contributed by atoms with van der Waals surface area (Å²) in [6.45, 7) is 6.90. The Morgan fingerprint density at radius 3 is 1.83 bits per heavy atom. The van der Waals surface area contributed by atoms with Crippen molar-refractivity contribution >= 4 is 35.6 Å². The van der Waals surface area contributed by atoms with Crippen molar-refractivity contribution in [2.24, 2.45) is 34.0 Å². The first-order chi connectivity index (χ1) is 16.8. The molecule has 0 fully saturated rings. The number of nitrogens with two attached hydrogens (primary N) is 3. The molecule has 0 heterocycles. The largest absolute Gasteiger partial charge is 0.480 e. The second kappa shape index (κ2) is 17.1. The third kappa shape index (κ3) is 14.8. The maximum atomic E-state index is 13.1. The van der Waals surface area contributed by atoms with Crippen molar-refractivity contribution in [1.82, 2.24) is 21.3 Å². The summed E-state index contributed by atoms with van der Waals surface area (Å²) in [4.78, 5) is 65.0. The highest BCUT2D eigenvalue weighted by molar-refractivity contribution is 5.94. The van der Waals surface area contributed by atoms with Gasteiger partial charge in [-0.2, -0.15) is 0 Å². The van der Waals surface area contributed by atoms with Gasteiger partial charge in [-0.3, -0.25) is 24.2 Å². The van der Waals surface area contributed by atoms with Crippen LogP contribution >= 0.6 is 0 Å². The Morgan fingerprint density at radius 2 is 1.33 bits per heavy atom. The molecule has 0 aromatic carbocycles. The SMILES string of the molecule is CC(C)C[C@H](NC(=O)[C@H](CCCN=C(N)N)NC(=O)[C@H](CC(C)C)NC(=O)CNC(=O)CN)C(=O)O. The summed E-state index contributed by atoms with van der Waals surface area (Å²) < 4.78 is 0. The second-order valence-electron chi connectivity index (χ2n) is 9.27. The maximum absolute atomic E-state index is 13.1. The van der Waals surface area contributed by atoms with Crippen LogP contribution in [-0.4, -0.2) is 78.4 Å². The highest BCUT2D eigenvalue weighted by Crippen LogP contribution is 2.09. The molecule has 0 unspecified atom stereocenters. The zero-order valence-electron chi connectivity index (χ0n) is 21.5. The van der Waals surface area contributed by atoms with Gasteiger partial charge in [-0.15, -0.1) is 0 Å². The summed E-state index contributed by atoms with van der Waals surface area (Å²) in [7, 11) is 0. The van der Waals surface area contributed by atoms with Crippen LogP contribution in [0.4, 0.5) is 0 Å². The molecule has 0 bridgehead atoms. The molecule has 0 rings (SSSR count). The van der Waals surface area contributed by atoms with Gasteiger partial charge in [-0.05, 0) is 37.5 Å². The van der Waals surface area contributed by atoms with Crippen LogP contribution < -0.4 is 38.5 Å². The van der Waals surface area contributed by atoms with Crippen LogP contribution in [0, 0.1) is 11.8 Å². The van der Waals surface area contributed by atoms with E-state index in [0.717, 1.165) is 0 Å². The van der Waals surface area contributed by atoms with Crippen LogP contribution in [0.5, 0.6) is 0 Å². The highest BCUT2D eigenvalue weighted by Gasteiger charge is 2.30. The molecule has 0 aliphatic carbocycles. The van der Waals surface area contributed by atoms with E-state index in [1.165, 1.54) is 0 Å². The van der Waals surface area contributed by atoms with E-state index >= 15 is 0 Å². The molecule has 0 spiro atoms. The lowest BCUT2D eigenvalue weighted by atomic mass is 10.0. The lowest BCUT2D eigenvalue weighted by Gasteiger charge is -2.25. The molecule has 0 aromatic rings. The molecule has 11 N–H and O–H groups in total. The molecule has 0 saturated heterocycles. The molecule has 0 aliphatic heterocycles. The lowest BCUT2D eigenvalue weighted by molar-refractivity contribution is -0.142. The van der Waals surface area contributed by atoms with Crippen LogP contribution in [0.3, 0.4) is 0 Å². The predicted octanol–water partition coefficient (Wildman–Crippen LogP) is -2.25. The summed E-state index contributed by atoms with van der Waals surface area (Å²) in [5.74, 6) is -3.72. The number of nitrogens with one attached hydrogen (secondary N) is 4. The molecule has 14 heteroatoms. The fraction of sp³-hybridized carbons (Fsp3) is 0.727. The lowest BCUT2D eigenvalue weighted by Crippen LogP contribution is -2.56. The van der Waals surface area contributed by atoms with Crippen LogP contribution in [0.2, 0.25) is 0 Å². The topological polar surface area (TPSA) is 244 Å². The van der Waals surface area contributed by atoms with E-state index < -0.39 is 47.7 Å². The molecular weight excluding hydrogens is 472 g/mol. The van der Waals surface area contributed by atoms with Gasteiger partial charge in [0.05, 0.1) is 13.1 Å². The Bertz CT molecular complexity index is 783. The number of hydrogen-bond donors (Lipinski definition) is 8. The summed E-state index contributed by atoms with van der Waals surface area (Å²) in [5, 5.41) is 19.4. The molecule has 0 aliphatic rings. The van der Waals surface area contributed by atoms with Gasteiger partial charge in [-0.25, -0.2) is 4.79 Å². The Kier molecular flexibility index (Phi) is 15.5. The monoisotopic (exact) mass is 514 g/mol. The van der Waals surface area contributed by atoms with E-state index in [1.54, 1.807) is 0 Å². The van der Waals surface area contributed by atoms with Crippen molar-refractivity contribution in [2.45, 2.75) is 71.5 Å². The van der Waals surface area contributed by atoms with Crippen molar-refractivity contribution in [3.63, 3.8) is 0 Å². The first-order valence-corrected chi connectivity index (χ1v) is 11.9. The van der Waals surface area contributed by atoms with Gasteiger partial charge in [0.1, 0.15) is 18.1 Å². The Balaban J connectivity index is 5.54. The zero-order chi connectivity index (χ0) is 27.8. The Labute approximate surface area is 211 Å². The summed E-state index contributed by atoms with van der Waals surface area (Å²) in [6, 6.07) is -3.22. The molecular formula is C22H42N8O6. The van der Waals surface area contributed by atoms with E-state index in [2.05, 4.69) is 26.3 Å². The maximum Gasteiger partial charge on any atom is 0.326 e. The van der Waals surface area contributed by atoms with Gasteiger partial charge in [-0.1, -0.05) is 27.7 Å². The predicted molar refractivity (Wildman–Crippen MR) is 134 cm³/mol. The number of aliphatic carboxylic acids is 1. The van der Waals surface area contributed by atoms with Crippen molar-refractivity contribution in [2.75, 3.05) is 19.6 Å². The molecule has 206 valence electrons. The molecule has 14 nitrogen and oxygen atoms in total. The minimum Gasteiger partial charge on any atom is -0.480 e. The number of hydrogen-bond acceptors (Lipinski definition) is 7. The number of carboxylic acid groups (broad SMARTS) is 1. The molecule has 4 amide bonds. The smallest absolute Gasteiger partial charge is 0.326 e.